The van der Waals surface area contributed by atoms with E-state index in [-0.39, 0.29) is 12.5 Å². The molecule has 1 atom stereocenters. The largest absolute Gasteiger partial charge is 0.461 e. The Morgan fingerprint density at radius 3 is 2.96 bits per heavy atom. The lowest BCUT2D eigenvalue weighted by atomic mass is 10.1. The Labute approximate surface area is 156 Å². The zero-order valence-electron chi connectivity index (χ0n) is 15.3. The van der Waals surface area contributed by atoms with E-state index in [1.807, 2.05) is 22.8 Å². The van der Waals surface area contributed by atoms with Crippen molar-refractivity contribution in [3.05, 3.63) is 35.9 Å². The van der Waals surface area contributed by atoms with E-state index < -0.39 is 12.1 Å². The maximum atomic E-state index is 12.0. The zero-order valence-corrected chi connectivity index (χ0v) is 15.3. The molecule has 0 aliphatic carbocycles. The van der Waals surface area contributed by atoms with Crippen LogP contribution in [0.15, 0.2) is 24.5 Å². The SMILES string of the molecule is CCOC(=O)c1ncn2c1CNc1cc(NC[C@H](O)CNC(C)=O)ccc1-2. The molecule has 0 fully saturated rings. The van der Waals surface area contributed by atoms with Crippen LogP contribution >= 0.6 is 0 Å². The van der Waals surface area contributed by atoms with Crippen LogP contribution in [-0.4, -0.2) is 52.3 Å². The predicted octanol–water partition coefficient (Wildman–Crippen LogP) is 0.883. The number of amides is 1. The van der Waals surface area contributed by atoms with Gasteiger partial charge in [0.15, 0.2) is 5.69 Å². The number of rotatable bonds is 7. The van der Waals surface area contributed by atoms with Gasteiger partial charge >= 0.3 is 5.97 Å². The van der Waals surface area contributed by atoms with Gasteiger partial charge in [-0.3, -0.25) is 9.36 Å². The van der Waals surface area contributed by atoms with E-state index in [1.54, 1.807) is 13.3 Å². The number of anilines is 2. The van der Waals surface area contributed by atoms with Gasteiger partial charge in [0.2, 0.25) is 5.91 Å². The van der Waals surface area contributed by atoms with Crippen molar-refractivity contribution in [1.29, 1.82) is 0 Å². The molecule has 0 spiro atoms. The van der Waals surface area contributed by atoms with Crippen molar-refractivity contribution < 1.29 is 19.4 Å². The van der Waals surface area contributed by atoms with Gasteiger partial charge in [-0.2, -0.15) is 0 Å². The Balaban J connectivity index is 1.70. The molecule has 4 N–H and O–H groups in total. The number of nitrogens with zero attached hydrogens (tertiary/aromatic N) is 2. The second-order valence-electron chi connectivity index (χ2n) is 6.19. The summed E-state index contributed by atoms with van der Waals surface area (Å²) >= 11 is 0. The first-order valence-electron chi connectivity index (χ1n) is 8.77. The topological polar surface area (TPSA) is 118 Å². The third-order valence-electron chi connectivity index (χ3n) is 4.17. The van der Waals surface area contributed by atoms with Crippen molar-refractivity contribution in [1.82, 2.24) is 14.9 Å². The number of hydrogen-bond acceptors (Lipinski definition) is 7. The Morgan fingerprint density at radius 1 is 1.41 bits per heavy atom. The zero-order chi connectivity index (χ0) is 19.4. The second kappa shape index (κ2) is 8.09. The normalized spacial score (nSPS) is 13.0. The van der Waals surface area contributed by atoms with Crippen molar-refractivity contribution in [2.75, 3.05) is 30.3 Å². The molecule has 1 aliphatic heterocycles. The maximum Gasteiger partial charge on any atom is 0.358 e. The minimum atomic E-state index is -0.690. The minimum absolute atomic E-state index is 0.176. The lowest BCUT2D eigenvalue weighted by Crippen LogP contribution is -2.34. The standard InChI is InChI=1S/C18H23N5O4/c1-3-27-18(26)17-16-9-21-14-6-12(4-5-15(14)23(16)10-22-17)20-8-13(25)7-19-11(2)24/h4-6,10,13,20-21,25H,3,7-9H2,1-2H3,(H,19,24)/t13-/m1/s1. The predicted molar refractivity (Wildman–Crippen MR) is 100 cm³/mol. The molecule has 27 heavy (non-hydrogen) atoms. The molecule has 0 saturated heterocycles. The van der Waals surface area contributed by atoms with Crippen molar-refractivity contribution >= 4 is 23.3 Å². The Hall–Kier alpha value is -3.07. The highest BCUT2D eigenvalue weighted by molar-refractivity contribution is 5.89. The van der Waals surface area contributed by atoms with Crippen LogP contribution in [0.25, 0.3) is 5.69 Å². The summed E-state index contributed by atoms with van der Waals surface area (Å²) in [5, 5.41) is 18.9. The summed E-state index contributed by atoms with van der Waals surface area (Å²) < 4.78 is 6.91. The molecule has 1 aromatic carbocycles. The molecule has 3 rings (SSSR count). The Bertz CT molecular complexity index is 848. The van der Waals surface area contributed by atoms with Crippen LogP contribution in [0, 0.1) is 0 Å². The molecule has 1 amide bonds. The van der Waals surface area contributed by atoms with Gasteiger partial charge in [0.1, 0.15) is 6.33 Å². The fourth-order valence-corrected chi connectivity index (χ4v) is 2.87. The van der Waals surface area contributed by atoms with Crippen molar-refractivity contribution in [2.24, 2.45) is 0 Å². The van der Waals surface area contributed by atoms with Crippen molar-refractivity contribution in [3.63, 3.8) is 0 Å². The molecule has 2 aromatic rings. The third-order valence-corrected chi connectivity index (χ3v) is 4.17. The number of ether oxygens (including phenoxy) is 1. The minimum Gasteiger partial charge on any atom is -0.461 e. The first-order chi connectivity index (χ1) is 13.0. The van der Waals surface area contributed by atoms with E-state index in [0.29, 0.717) is 25.4 Å². The molecule has 0 saturated carbocycles. The molecule has 144 valence electrons. The first kappa shape index (κ1) is 18.7. The average Bonchev–Trinajstić information content (AvgIpc) is 3.09. The number of carbonyl (C=O) groups excluding carboxylic acids is 2. The molecular weight excluding hydrogens is 350 g/mol. The molecule has 2 heterocycles. The lowest BCUT2D eigenvalue weighted by molar-refractivity contribution is -0.119. The Morgan fingerprint density at radius 2 is 2.22 bits per heavy atom. The monoisotopic (exact) mass is 373 g/mol. The summed E-state index contributed by atoms with van der Waals surface area (Å²) in [4.78, 5) is 27.1. The molecule has 0 bridgehead atoms. The van der Waals surface area contributed by atoms with E-state index in [4.69, 9.17) is 4.74 Å². The van der Waals surface area contributed by atoms with E-state index in [2.05, 4.69) is 20.9 Å². The highest BCUT2D eigenvalue weighted by atomic mass is 16.5. The Kier molecular flexibility index (Phi) is 5.60. The van der Waals surface area contributed by atoms with Crippen LogP contribution in [-0.2, 0) is 16.1 Å². The molecular formula is C18H23N5O4. The van der Waals surface area contributed by atoms with Gasteiger partial charge in [0, 0.05) is 25.7 Å². The number of aromatic nitrogens is 2. The third kappa shape index (κ3) is 4.20. The van der Waals surface area contributed by atoms with Crippen LogP contribution in [0.3, 0.4) is 0 Å². The summed E-state index contributed by atoms with van der Waals surface area (Å²) in [5.41, 5.74) is 3.67. The molecule has 9 heteroatoms. The van der Waals surface area contributed by atoms with Gasteiger partial charge in [-0.1, -0.05) is 0 Å². The number of imidazole rings is 1. The van der Waals surface area contributed by atoms with Crippen LogP contribution < -0.4 is 16.0 Å². The maximum absolute atomic E-state index is 12.0. The van der Waals surface area contributed by atoms with E-state index >= 15 is 0 Å². The lowest BCUT2D eigenvalue weighted by Gasteiger charge is -2.22. The highest BCUT2D eigenvalue weighted by Gasteiger charge is 2.24. The highest BCUT2D eigenvalue weighted by Crippen LogP contribution is 2.31. The number of hydrogen-bond donors (Lipinski definition) is 4. The second-order valence-corrected chi connectivity index (χ2v) is 6.19. The van der Waals surface area contributed by atoms with Crippen LogP contribution in [0.2, 0.25) is 0 Å². The average molecular weight is 373 g/mol. The quantitative estimate of drug-likeness (QED) is 0.532. The van der Waals surface area contributed by atoms with E-state index in [1.165, 1.54) is 6.92 Å². The van der Waals surface area contributed by atoms with Gasteiger partial charge in [-0.25, -0.2) is 9.78 Å². The summed E-state index contributed by atoms with van der Waals surface area (Å²) in [6.07, 6.45) is 0.927. The van der Waals surface area contributed by atoms with Crippen LogP contribution in [0.4, 0.5) is 11.4 Å². The fourth-order valence-electron chi connectivity index (χ4n) is 2.87. The number of aliphatic hydroxyl groups excluding tert-OH is 1. The summed E-state index contributed by atoms with van der Waals surface area (Å²) in [7, 11) is 0. The summed E-state index contributed by atoms with van der Waals surface area (Å²) in [5.74, 6) is -0.603. The van der Waals surface area contributed by atoms with Gasteiger partial charge in [-0.15, -0.1) is 0 Å². The van der Waals surface area contributed by atoms with Gasteiger partial charge in [-0.05, 0) is 25.1 Å². The van der Waals surface area contributed by atoms with Gasteiger partial charge in [0.05, 0.1) is 36.3 Å². The number of fused-ring (bicyclic) bond motifs is 3. The van der Waals surface area contributed by atoms with Crippen LogP contribution in [0.1, 0.15) is 30.0 Å². The molecule has 1 aliphatic rings. The first-order valence-corrected chi connectivity index (χ1v) is 8.77. The number of benzene rings is 1. The number of nitrogens with one attached hydrogen (secondary N) is 3. The van der Waals surface area contributed by atoms with Gasteiger partial charge < -0.3 is 25.8 Å². The fraction of sp³-hybridized carbons (Fsp3) is 0.389. The molecule has 1 aromatic heterocycles. The number of carbonyl (C=O) groups is 2. The van der Waals surface area contributed by atoms with E-state index in [0.717, 1.165) is 22.8 Å². The van der Waals surface area contributed by atoms with E-state index in [9.17, 15) is 14.7 Å². The smallest absolute Gasteiger partial charge is 0.358 e. The molecule has 0 unspecified atom stereocenters. The number of esters is 1. The van der Waals surface area contributed by atoms with Gasteiger partial charge in [0.25, 0.3) is 0 Å². The van der Waals surface area contributed by atoms with Crippen molar-refractivity contribution in [3.8, 4) is 5.69 Å². The summed E-state index contributed by atoms with van der Waals surface area (Å²) in [6.45, 7) is 4.43. The molecule has 9 nitrogen and oxygen atoms in total. The molecule has 0 radical (unpaired) electrons. The summed E-state index contributed by atoms with van der Waals surface area (Å²) in [6, 6.07) is 5.71. The van der Waals surface area contributed by atoms with Crippen LogP contribution in [0.5, 0.6) is 0 Å². The number of aliphatic hydroxyl groups is 1. The van der Waals surface area contributed by atoms with Crippen molar-refractivity contribution in [2.45, 2.75) is 26.5 Å².